The summed E-state index contributed by atoms with van der Waals surface area (Å²) in [5.74, 6) is 0.108. The first-order valence-electron chi connectivity index (χ1n) is 7.95. The van der Waals surface area contributed by atoms with Crippen molar-refractivity contribution < 1.29 is 17.6 Å². The number of sulfonamides is 1. The van der Waals surface area contributed by atoms with Crippen LogP contribution in [-0.2, 0) is 21.4 Å². The van der Waals surface area contributed by atoms with Gasteiger partial charge in [0.25, 0.3) is 0 Å². The van der Waals surface area contributed by atoms with Crippen LogP contribution in [0.3, 0.4) is 0 Å². The predicted octanol–water partition coefficient (Wildman–Crippen LogP) is 2.59. The maximum atomic E-state index is 12.2. The standard InChI is InChI=1S/C18H16ClN3O4S/c19-14-5-1-6-15(10-14)27(24,25)22-12-17(23)21-11-13-4-2-8-20-18(13)16-7-3-9-26-16/h1-10,22H,11-12H2,(H,21,23). The van der Waals surface area contributed by atoms with Crippen LogP contribution in [0.1, 0.15) is 5.56 Å². The Morgan fingerprint density at radius 1 is 1.15 bits per heavy atom. The van der Waals surface area contributed by atoms with Crippen molar-refractivity contribution in [3.8, 4) is 11.5 Å². The molecule has 0 bridgehead atoms. The Bertz CT molecular complexity index is 1040. The number of aromatic nitrogens is 1. The fraction of sp³-hybridized carbons (Fsp3) is 0.111. The number of carbonyl (C=O) groups is 1. The highest BCUT2D eigenvalue weighted by Gasteiger charge is 2.16. The predicted molar refractivity (Wildman–Crippen MR) is 100 cm³/mol. The van der Waals surface area contributed by atoms with E-state index >= 15 is 0 Å². The van der Waals surface area contributed by atoms with Gasteiger partial charge in [-0.3, -0.25) is 9.78 Å². The van der Waals surface area contributed by atoms with Gasteiger partial charge in [0.1, 0.15) is 5.69 Å². The first kappa shape index (κ1) is 19.1. The third-order valence-corrected chi connectivity index (χ3v) is 5.28. The monoisotopic (exact) mass is 405 g/mol. The average molecular weight is 406 g/mol. The smallest absolute Gasteiger partial charge is 0.241 e. The van der Waals surface area contributed by atoms with Gasteiger partial charge in [-0.2, -0.15) is 0 Å². The molecule has 0 atom stereocenters. The lowest BCUT2D eigenvalue weighted by molar-refractivity contribution is -0.120. The summed E-state index contributed by atoms with van der Waals surface area (Å²) in [7, 11) is -3.83. The Morgan fingerprint density at radius 3 is 2.74 bits per heavy atom. The summed E-state index contributed by atoms with van der Waals surface area (Å²) in [5, 5.41) is 2.96. The van der Waals surface area contributed by atoms with E-state index in [1.165, 1.54) is 24.5 Å². The Kier molecular flexibility index (Phi) is 5.90. The maximum Gasteiger partial charge on any atom is 0.241 e. The first-order valence-corrected chi connectivity index (χ1v) is 9.81. The third kappa shape index (κ3) is 4.94. The van der Waals surface area contributed by atoms with E-state index < -0.39 is 22.5 Å². The van der Waals surface area contributed by atoms with E-state index in [1.54, 1.807) is 36.5 Å². The second kappa shape index (κ2) is 8.34. The number of carbonyl (C=O) groups excluding carboxylic acids is 1. The molecule has 0 unspecified atom stereocenters. The van der Waals surface area contributed by atoms with Crippen LogP contribution in [-0.4, -0.2) is 25.9 Å². The molecule has 0 radical (unpaired) electrons. The van der Waals surface area contributed by atoms with Crippen molar-refractivity contribution in [2.45, 2.75) is 11.4 Å². The van der Waals surface area contributed by atoms with Crippen molar-refractivity contribution in [2.24, 2.45) is 0 Å². The van der Waals surface area contributed by atoms with Gasteiger partial charge in [-0.15, -0.1) is 0 Å². The Balaban J connectivity index is 1.60. The van der Waals surface area contributed by atoms with E-state index in [2.05, 4.69) is 15.0 Å². The number of hydrogen-bond donors (Lipinski definition) is 2. The third-order valence-electron chi connectivity index (χ3n) is 3.65. The average Bonchev–Trinajstić information content (AvgIpc) is 3.19. The van der Waals surface area contributed by atoms with Crippen LogP contribution in [0.15, 0.2) is 70.3 Å². The van der Waals surface area contributed by atoms with Gasteiger partial charge in [-0.1, -0.05) is 23.7 Å². The second-order valence-corrected chi connectivity index (χ2v) is 7.75. The molecule has 0 aliphatic carbocycles. The fourth-order valence-electron chi connectivity index (χ4n) is 2.35. The van der Waals surface area contributed by atoms with Crippen molar-refractivity contribution in [3.05, 3.63) is 71.6 Å². The summed E-state index contributed by atoms with van der Waals surface area (Å²) in [6, 6.07) is 12.9. The molecule has 1 aromatic carbocycles. The molecule has 3 aromatic rings. The Labute approximate surface area is 161 Å². The molecule has 0 saturated carbocycles. The number of amides is 1. The van der Waals surface area contributed by atoms with Gasteiger partial charge in [-0.25, -0.2) is 13.1 Å². The number of hydrogen-bond acceptors (Lipinski definition) is 5. The summed E-state index contributed by atoms with van der Waals surface area (Å²) in [6.45, 7) is -0.215. The Hall–Kier alpha value is -2.68. The van der Waals surface area contributed by atoms with Crippen molar-refractivity contribution in [1.82, 2.24) is 15.0 Å². The van der Waals surface area contributed by atoms with E-state index in [1.807, 2.05) is 0 Å². The molecular formula is C18H16ClN3O4S. The molecule has 0 saturated heterocycles. The molecule has 0 aliphatic rings. The van der Waals surface area contributed by atoms with Gasteiger partial charge in [0.15, 0.2) is 5.76 Å². The van der Waals surface area contributed by atoms with Crippen molar-refractivity contribution in [3.63, 3.8) is 0 Å². The lowest BCUT2D eigenvalue weighted by atomic mass is 10.1. The van der Waals surface area contributed by atoms with Crippen LogP contribution in [0.2, 0.25) is 5.02 Å². The number of benzene rings is 1. The summed E-state index contributed by atoms with van der Waals surface area (Å²) < 4.78 is 32.0. The number of pyridine rings is 1. The van der Waals surface area contributed by atoms with Gasteiger partial charge in [0.05, 0.1) is 17.7 Å². The van der Waals surface area contributed by atoms with E-state index in [9.17, 15) is 13.2 Å². The first-order chi connectivity index (χ1) is 13.0. The number of halogens is 1. The lowest BCUT2D eigenvalue weighted by Crippen LogP contribution is -2.36. The van der Waals surface area contributed by atoms with Crippen molar-refractivity contribution in [1.29, 1.82) is 0 Å². The van der Waals surface area contributed by atoms with Crippen molar-refractivity contribution >= 4 is 27.5 Å². The molecule has 27 heavy (non-hydrogen) atoms. The highest BCUT2D eigenvalue weighted by molar-refractivity contribution is 7.89. The van der Waals surface area contributed by atoms with Crippen LogP contribution in [0, 0.1) is 0 Å². The van der Waals surface area contributed by atoms with Gasteiger partial charge in [0.2, 0.25) is 15.9 Å². The second-order valence-electron chi connectivity index (χ2n) is 5.55. The summed E-state index contributed by atoms with van der Waals surface area (Å²) in [5.41, 5.74) is 1.36. The van der Waals surface area contributed by atoms with Crippen LogP contribution >= 0.6 is 11.6 Å². The lowest BCUT2D eigenvalue weighted by Gasteiger charge is -2.10. The molecular weight excluding hydrogens is 390 g/mol. The molecule has 0 spiro atoms. The van der Waals surface area contributed by atoms with Crippen LogP contribution in [0.25, 0.3) is 11.5 Å². The van der Waals surface area contributed by atoms with E-state index in [0.29, 0.717) is 16.5 Å². The van der Waals surface area contributed by atoms with Crippen LogP contribution in [0.4, 0.5) is 0 Å². The van der Waals surface area contributed by atoms with Gasteiger partial charge >= 0.3 is 0 Å². The molecule has 2 aromatic heterocycles. The van der Waals surface area contributed by atoms with Crippen LogP contribution in [0.5, 0.6) is 0 Å². The summed E-state index contributed by atoms with van der Waals surface area (Å²) in [6.07, 6.45) is 3.17. The normalized spacial score (nSPS) is 11.3. The van der Waals surface area contributed by atoms with E-state index in [4.69, 9.17) is 16.0 Å². The largest absolute Gasteiger partial charge is 0.463 e. The minimum atomic E-state index is -3.83. The zero-order chi connectivity index (χ0) is 19.3. The molecule has 0 aliphatic heterocycles. The Morgan fingerprint density at radius 2 is 2.00 bits per heavy atom. The number of furan rings is 1. The minimum absolute atomic E-state index is 0.00448. The highest BCUT2D eigenvalue weighted by atomic mass is 35.5. The molecule has 3 rings (SSSR count). The van der Waals surface area contributed by atoms with Crippen molar-refractivity contribution in [2.75, 3.05) is 6.54 Å². The molecule has 0 fully saturated rings. The molecule has 140 valence electrons. The number of nitrogens with zero attached hydrogens (tertiary/aromatic N) is 1. The highest BCUT2D eigenvalue weighted by Crippen LogP contribution is 2.21. The summed E-state index contributed by atoms with van der Waals surface area (Å²) in [4.78, 5) is 16.3. The molecule has 1 amide bonds. The molecule has 9 heteroatoms. The van der Waals surface area contributed by atoms with Crippen LogP contribution < -0.4 is 10.0 Å². The van der Waals surface area contributed by atoms with E-state index in [0.717, 1.165) is 5.56 Å². The summed E-state index contributed by atoms with van der Waals surface area (Å²) >= 11 is 5.80. The van der Waals surface area contributed by atoms with Gasteiger partial charge in [0, 0.05) is 23.3 Å². The van der Waals surface area contributed by atoms with E-state index in [-0.39, 0.29) is 11.4 Å². The molecule has 2 N–H and O–H groups in total. The zero-order valence-electron chi connectivity index (χ0n) is 14.1. The van der Waals surface area contributed by atoms with Gasteiger partial charge in [-0.05, 0) is 36.4 Å². The minimum Gasteiger partial charge on any atom is -0.463 e. The zero-order valence-corrected chi connectivity index (χ0v) is 15.6. The van der Waals surface area contributed by atoms with Gasteiger partial charge < -0.3 is 9.73 Å². The SMILES string of the molecule is O=C(CNS(=O)(=O)c1cccc(Cl)c1)NCc1cccnc1-c1ccco1. The maximum absolute atomic E-state index is 12.2. The molecule has 2 heterocycles. The number of nitrogens with one attached hydrogen (secondary N) is 2. The fourth-order valence-corrected chi connectivity index (χ4v) is 3.63. The number of rotatable bonds is 7. The quantitative estimate of drug-likeness (QED) is 0.629. The topological polar surface area (TPSA) is 101 Å². The molecule has 7 nitrogen and oxygen atoms in total.